The van der Waals surface area contributed by atoms with E-state index >= 15 is 0 Å². The number of hydrogen-bond donors (Lipinski definition) is 2. The molecule has 0 radical (unpaired) electrons. The second kappa shape index (κ2) is 11.0. The number of aliphatic hydroxyl groups excluding tert-OH is 1. The summed E-state index contributed by atoms with van der Waals surface area (Å²) in [4.78, 5) is 2.23. The summed E-state index contributed by atoms with van der Waals surface area (Å²) in [6.07, 6.45) is 2.17. The van der Waals surface area contributed by atoms with Gasteiger partial charge in [0.25, 0.3) is 0 Å². The molecule has 0 saturated carbocycles. The van der Waals surface area contributed by atoms with Crippen molar-refractivity contribution in [2.75, 3.05) is 34.5 Å². The SMILES string of the molecule is COc1cc(OCCC#Cc2ccc(CCC(C)(N)CO)s2)cc(OC)c1OC. The van der Waals surface area contributed by atoms with Crippen molar-refractivity contribution in [3.63, 3.8) is 0 Å². The van der Waals surface area contributed by atoms with Crippen LogP contribution >= 0.6 is 11.3 Å². The van der Waals surface area contributed by atoms with Crippen LogP contribution in [0.1, 0.15) is 29.5 Å². The summed E-state index contributed by atoms with van der Waals surface area (Å²) >= 11 is 1.65. The molecule has 1 atom stereocenters. The maximum absolute atomic E-state index is 9.24. The Hall–Kier alpha value is -2.40. The average molecular weight is 420 g/mol. The lowest BCUT2D eigenvalue weighted by Gasteiger charge is -2.20. The monoisotopic (exact) mass is 419 g/mol. The third kappa shape index (κ3) is 6.86. The Morgan fingerprint density at radius 3 is 2.38 bits per heavy atom. The van der Waals surface area contributed by atoms with Gasteiger partial charge in [0.15, 0.2) is 11.5 Å². The maximum Gasteiger partial charge on any atom is 0.203 e. The molecule has 0 aliphatic rings. The first-order valence-corrected chi connectivity index (χ1v) is 10.1. The van der Waals surface area contributed by atoms with Crippen LogP contribution in [-0.2, 0) is 6.42 Å². The molecular weight excluding hydrogens is 390 g/mol. The van der Waals surface area contributed by atoms with E-state index in [0.717, 1.165) is 17.7 Å². The van der Waals surface area contributed by atoms with E-state index in [0.29, 0.717) is 36.0 Å². The number of rotatable bonds is 10. The van der Waals surface area contributed by atoms with Gasteiger partial charge >= 0.3 is 0 Å². The molecule has 0 spiro atoms. The number of thiophene rings is 1. The highest BCUT2D eigenvalue weighted by Gasteiger charge is 2.17. The number of methoxy groups -OCH3 is 3. The van der Waals surface area contributed by atoms with Gasteiger partial charge in [0, 0.05) is 29.0 Å². The van der Waals surface area contributed by atoms with Crippen LogP contribution < -0.4 is 24.7 Å². The van der Waals surface area contributed by atoms with Crippen molar-refractivity contribution in [1.29, 1.82) is 0 Å². The number of nitrogens with two attached hydrogens (primary N) is 1. The largest absolute Gasteiger partial charge is 0.493 e. The summed E-state index contributed by atoms with van der Waals surface area (Å²) in [5.74, 6) is 8.56. The van der Waals surface area contributed by atoms with Crippen LogP contribution in [0.3, 0.4) is 0 Å². The van der Waals surface area contributed by atoms with Crippen LogP contribution in [0.5, 0.6) is 23.0 Å². The lowest BCUT2D eigenvalue weighted by atomic mass is 9.98. The van der Waals surface area contributed by atoms with Crippen LogP contribution in [0.2, 0.25) is 0 Å². The molecule has 1 heterocycles. The number of ether oxygens (including phenoxy) is 4. The van der Waals surface area contributed by atoms with Crippen molar-refractivity contribution >= 4 is 11.3 Å². The van der Waals surface area contributed by atoms with Gasteiger partial charge in [-0.3, -0.25) is 0 Å². The Morgan fingerprint density at radius 1 is 1.10 bits per heavy atom. The van der Waals surface area contributed by atoms with Crippen molar-refractivity contribution in [2.24, 2.45) is 5.73 Å². The maximum atomic E-state index is 9.24. The Labute approximate surface area is 176 Å². The Bertz CT molecular complexity index is 825. The smallest absolute Gasteiger partial charge is 0.203 e. The molecule has 6 nitrogen and oxygen atoms in total. The second-order valence-electron chi connectivity index (χ2n) is 6.84. The number of aliphatic hydroxyl groups is 1. The van der Waals surface area contributed by atoms with Crippen molar-refractivity contribution in [1.82, 2.24) is 0 Å². The molecule has 7 heteroatoms. The van der Waals surface area contributed by atoms with Crippen LogP contribution in [0.4, 0.5) is 0 Å². The summed E-state index contributed by atoms with van der Waals surface area (Å²) in [5, 5.41) is 9.24. The Morgan fingerprint density at radius 2 is 1.79 bits per heavy atom. The second-order valence-corrected chi connectivity index (χ2v) is 8.01. The fraction of sp³-hybridized carbons (Fsp3) is 0.455. The highest BCUT2D eigenvalue weighted by Crippen LogP contribution is 2.40. The van der Waals surface area contributed by atoms with E-state index < -0.39 is 5.54 Å². The van der Waals surface area contributed by atoms with Gasteiger partial charge in [-0.05, 0) is 31.9 Å². The van der Waals surface area contributed by atoms with Gasteiger partial charge < -0.3 is 29.8 Å². The van der Waals surface area contributed by atoms with Crippen LogP contribution in [-0.4, -0.2) is 45.2 Å². The zero-order valence-electron chi connectivity index (χ0n) is 17.4. The van der Waals surface area contributed by atoms with Gasteiger partial charge in [-0.2, -0.15) is 0 Å². The van der Waals surface area contributed by atoms with E-state index in [4.69, 9.17) is 24.7 Å². The normalized spacial score (nSPS) is 12.5. The zero-order chi connectivity index (χ0) is 21.3. The molecule has 3 N–H and O–H groups in total. The van der Waals surface area contributed by atoms with E-state index in [9.17, 15) is 5.11 Å². The summed E-state index contributed by atoms with van der Waals surface area (Å²) in [6, 6.07) is 7.60. The first kappa shape index (κ1) is 22.9. The third-order valence-electron chi connectivity index (χ3n) is 4.31. The molecule has 0 aliphatic heterocycles. The molecule has 2 aromatic rings. The van der Waals surface area contributed by atoms with Crippen LogP contribution in [0.15, 0.2) is 24.3 Å². The summed E-state index contributed by atoms with van der Waals surface area (Å²) in [6.45, 7) is 2.29. The topological polar surface area (TPSA) is 83.2 Å². The minimum atomic E-state index is -0.542. The van der Waals surface area contributed by atoms with Crippen molar-refractivity contribution in [3.05, 3.63) is 34.0 Å². The van der Waals surface area contributed by atoms with Gasteiger partial charge in [0.2, 0.25) is 5.75 Å². The summed E-state index contributed by atoms with van der Waals surface area (Å²) < 4.78 is 21.7. The molecule has 29 heavy (non-hydrogen) atoms. The van der Waals surface area contributed by atoms with Gasteiger partial charge in [-0.25, -0.2) is 0 Å². The number of hydrogen-bond acceptors (Lipinski definition) is 7. The molecule has 0 amide bonds. The van der Waals surface area contributed by atoms with Crippen molar-refractivity contribution in [2.45, 2.75) is 31.7 Å². The molecular formula is C22H29NO5S. The Balaban J connectivity index is 1.87. The summed E-state index contributed by atoms with van der Waals surface area (Å²) in [5.41, 5.74) is 5.43. The van der Waals surface area contributed by atoms with Crippen LogP contribution in [0.25, 0.3) is 0 Å². The van der Waals surface area contributed by atoms with E-state index in [1.807, 2.05) is 13.0 Å². The fourth-order valence-electron chi connectivity index (χ4n) is 2.58. The van der Waals surface area contributed by atoms with E-state index in [1.165, 1.54) is 4.88 Å². The molecule has 1 aromatic carbocycles. The van der Waals surface area contributed by atoms with E-state index in [-0.39, 0.29) is 6.61 Å². The van der Waals surface area contributed by atoms with Crippen LogP contribution in [0, 0.1) is 11.8 Å². The quantitative estimate of drug-likeness (QED) is 0.454. The molecule has 1 unspecified atom stereocenters. The van der Waals surface area contributed by atoms with Gasteiger partial charge in [-0.1, -0.05) is 11.8 Å². The van der Waals surface area contributed by atoms with Gasteiger partial charge in [0.1, 0.15) is 5.75 Å². The number of aryl methyl sites for hydroxylation is 1. The average Bonchev–Trinajstić information content (AvgIpc) is 3.19. The van der Waals surface area contributed by atoms with Gasteiger partial charge in [0.05, 0.1) is 39.4 Å². The zero-order valence-corrected chi connectivity index (χ0v) is 18.2. The lowest BCUT2D eigenvalue weighted by Crippen LogP contribution is -2.40. The predicted octanol–water partition coefficient (Wildman–Crippen LogP) is 3.24. The highest BCUT2D eigenvalue weighted by atomic mass is 32.1. The first-order valence-electron chi connectivity index (χ1n) is 9.32. The van der Waals surface area contributed by atoms with E-state index in [1.54, 1.807) is 44.8 Å². The molecule has 0 saturated heterocycles. The standard InChI is InChI=1S/C22H29NO5S/c1-22(23,15-24)11-10-18-9-8-17(29-18)7-5-6-12-28-16-13-19(25-2)21(27-4)20(14-16)26-3/h8-9,13-14,24H,6,10-12,15,23H2,1-4H3. The molecule has 0 fully saturated rings. The fourth-order valence-corrected chi connectivity index (χ4v) is 3.46. The molecule has 0 bridgehead atoms. The predicted molar refractivity (Wildman–Crippen MR) is 115 cm³/mol. The minimum absolute atomic E-state index is 0.0169. The minimum Gasteiger partial charge on any atom is -0.493 e. The molecule has 1 aromatic heterocycles. The van der Waals surface area contributed by atoms with E-state index in [2.05, 4.69) is 17.9 Å². The molecule has 2 rings (SSSR count). The highest BCUT2D eigenvalue weighted by molar-refractivity contribution is 7.12. The summed E-state index contributed by atoms with van der Waals surface area (Å²) in [7, 11) is 4.70. The Kier molecular flexibility index (Phi) is 8.65. The molecule has 158 valence electrons. The first-order chi connectivity index (χ1) is 13.9. The van der Waals surface area contributed by atoms with Crippen molar-refractivity contribution in [3.8, 4) is 34.8 Å². The third-order valence-corrected chi connectivity index (χ3v) is 5.37. The lowest BCUT2D eigenvalue weighted by molar-refractivity contribution is 0.201. The van der Waals surface area contributed by atoms with Gasteiger partial charge in [-0.15, -0.1) is 11.3 Å². The van der Waals surface area contributed by atoms with Crippen molar-refractivity contribution < 1.29 is 24.1 Å². The number of benzene rings is 1. The molecule has 0 aliphatic carbocycles.